The zero-order valence-electron chi connectivity index (χ0n) is 31.2. The molecule has 0 unspecified atom stereocenters. The summed E-state index contributed by atoms with van der Waals surface area (Å²) in [6.07, 6.45) is 4.37. The van der Waals surface area contributed by atoms with E-state index in [0.29, 0.717) is 0 Å². The van der Waals surface area contributed by atoms with Gasteiger partial charge in [-0.15, -0.1) is 0 Å². The molecule has 0 aliphatic carbocycles. The van der Waals surface area contributed by atoms with Crippen molar-refractivity contribution in [2.24, 2.45) is 0 Å². The number of anilines is 6. The van der Waals surface area contributed by atoms with Gasteiger partial charge in [0.1, 0.15) is 0 Å². The molecule has 0 saturated carbocycles. The average molecular weight is 779 g/mol. The highest BCUT2D eigenvalue weighted by Gasteiger charge is 2.28. The van der Waals surface area contributed by atoms with Gasteiger partial charge in [0, 0.05) is 65.5 Å². The van der Waals surface area contributed by atoms with Crippen molar-refractivity contribution in [3.05, 3.63) is 207 Å². The Morgan fingerprint density at radius 2 is 0.707 bits per heavy atom. The van der Waals surface area contributed by atoms with Crippen molar-refractivity contribution >= 4 is 79.5 Å². The van der Waals surface area contributed by atoms with Crippen molar-refractivity contribution in [2.75, 3.05) is 9.80 Å². The summed E-state index contributed by atoms with van der Waals surface area (Å²) >= 11 is 3.70. The Kier molecular flexibility index (Phi) is 7.68. The van der Waals surface area contributed by atoms with Crippen LogP contribution < -0.4 is 9.80 Å². The standard InChI is InChI=1S/C52H34N4S2/c1-3-15-39(16-4-1)53-27-25-37-31-51-47(33-45(37)53)55(43-21-7-9-23-49(43)57-51)41-19-11-13-35(29-41)36-14-12-20-42(30-36)56-44-22-8-10-24-50(44)58-52-32-38-26-28-54(46(38)34-48(52)56)40-17-5-2-6-18-40/h1-34H. The van der Waals surface area contributed by atoms with E-state index < -0.39 is 0 Å². The van der Waals surface area contributed by atoms with Gasteiger partial charge in [-0.1, -0.05) is 108 Å². The average Bonchev–Trinajstić information content (AvgIpc) is 3.90. The first-order chi connectivity index (χ1) is 28.7. The lowest BCUT2D eigenvalue weighted by Gasteiger charge is -2.34. The Morgan fingerprint density at radius 3 is 1.17 bits per heavy atom. The van der Waals surface area contributed by atoms with Crippen molar-refractivity contribution in [3.8, 4) is 22.5 Å². The summed E-state index contributed by atoms with van der Waals surface area (Å²) in [6.45, 7) is 0. The van der Waals surface area contributed by atoms with Gasteiger partial charge in [0.05, 0.1) is 33.8 Å². The van der Waals surface area contributed by atoms with E-state index in [-0.39, 0.29) is 0 Å². The zero-order valence-corrected chi connectivity index (χ0v) is 32.9. The summed E-state index contributed by atoms with van der Waals surface area (Å²) in [5, 5.41) is 2.46. The number of aromatic nitrogens is 2. The number of para-hydroxylation sites is 4. The number of nitrogens with zero attached hydrogens (tertiary/aromatic N) is 4. The monoisotopic (exact) mass is 778 g/mol. The van der Waals surface area contributed by atoms with Gasteiger partial charge < -0.3 is 18.9 Å². The quantitative estimate of drug-likeness (QED) is 0.173. The van der Waals surface area contributed by atoms with Crippen molar-refractivity contribution in [1.29, 1.82) is 0 Å². The molecular formula is C52H34N4S2. The lowest BCUT2D eigenvalue weighted by atomic mass is 10.0. The van der Waals surface area contributed by atoms with Crippen LogP contribution in [0.25, 0.3) is 44.3 Å². The van der Waals surface area contributed by atoms with E-state index in [1.165, 1.54) is 75.3 Å². The summed E-state index contributed by atoms with van der Waals surface area (Å²) in [5.74, 6) is 0. The van der Waals surface area contributed by atoms with E-state index in [2.05, 4.69) is 225 Å². The second-order valence-corrected chi connectivity index (χ2v) is 16.9. The van der Waals surface area contributed by atoms with Crippen molar-refractivity contribution < 1.29 is 0 Å². The molecule has 2 aliphatic heterocycles. The van der Waals surface area contributed by atoms with Gasteiger partial charge in [-0.2, -0.15) is 0 Å². The fourth-order valence-corrected chi connectivity index (χ4v) is 10.8. The second-order valence-electron chi connectivity index (χ2n) is 14.7. The molecule has 12 rings (SSSR count). The Hall–Kier alpha value is -6.86. The van der Waals surface area contributed by atoms with Crippen LogP contribution in [-0.4, -0.2) is 9.13 Å². The summed E-state index contributed by atoms with van der Waals surface area (Å²) in [5.41, 5.74) is 14.0. The zero-order chi connectivity index (χ0) is 38.2. The van der Waals surface area contributed by atoms with Crippen LogP contribution in [0.4, 0.5) is 34.1 Å². The molecule has 10 aromatic rings. The molecule has 0 amide bonds. The van der Waals surface area contributed by atoms with Crippen LogP contribution >= 0.6 is 23.5 Å². The first-order valence-corrected chi connectivity index (χ1v) is 21.1. The number of hydrogen-bond donors (Lipinski definition) is 0. The van der Waals surface area contributed by atoms with E-state index >= 15 is 0 Å². The maximum atomic E-state index is 2.44. The largest absolute Gasteiger partial charge is 0.316 e. The molecule has 58 heavy (non-hydrogen) atoms. The Labute approximate surface area is 345 Å². The highest BCUT2D eigenvalue weighted by molar-refractivity contribution is 8.00. The molecule has 0 spiro atoms. The number of hydrogen-bond acceptors (Lipinski definition) is 4. The van der Waals surface area contributed by atoms with Gasteiger partial charge in [-0.3, -0.25) is 0 Å². The normalized spacial score (nSPS) is 13.0. The maximum absolute atomic E-state index is 2.44. The van der Waals surface area contributed by atoms with Crippen molar-refractivity contribution in [3.63, 3.8) is 0 Å². The number of rotatable bonds is 5. The second kappa shape index (κ2) is 13.4. The van der Waals surface area contributed by atoms with Gasteiger partial charge in [-0.25, -0.2) is 0 Å². The molecule has 0 bridgehead atoms. The molecule has 0 saturated heterocycles. The molecule has 0 N–H and O–H groups in total. The van der Waals surface area contributed by atoms with Gasteiger partial charge in [-0.05, 0) is 120 Å². The van der Waals surface area contributed by atoms with Crippen LogP contribution in [0.1, 0.15) is 0 Å². The van der Waals surface area contributed by atoms with Gasteiger partial charge in [0.2, 0.25) is 0 Å². The van der Waals surface area contributed by atoms with E-state index in [0.717, 1.165) is 22.7 Å². The summed E-state index contributed by atoms with van der Waals surface area (Å²) in [7, 11) is 0. The SMILES string of the molecule is c1ccc(-n2ccc3cc4c(cc32)N(c2cccc(-c3cccc(N5c6ccccc6Sc6cc7ccn(-c8ccccc8)c7cc65)c3)c2)c2ccccc2S4)cc1. The first kappa shape index (κ1) is 33.3. The van der Waals surface area contributed by atoms with Crippen LogP contribution in [0, 0.1) is 0 Å². The van der Waals surface area contributed by atoms with E-state index in [4.69, 9.17) is 0 Å². The van der Waals surface area contributed by atoms with Crippen LogP contribution in [0.15, 0.2) is 226 Å². The lowest BCUT2D eigenvalue weighted by Crippen LogP contribution is -2.15. The highest BCUT2D eigenvalue weighted by atomic mass is 32.2. The molecule has 4 nitrogen and oxygen atoms in total. The minimum Gasteiger partial charge on any atom is -0.316 e. The predicted molar refractivity (Wildman–Crippen MR) is 243 cm³/mol. The molecule has 2 aliphatic rings. The Balaban J connectivity index is 0.981. The van der Waals surface area contributed by atoms with Crippen molar-refractivity contribution in [2.45, 2.75) is 19.6 Å². The van der Waals surface area contributed by atoms with Crippen LogP contribution in [0.2, 0.25) is 0 Å². The van der Waals surface area contributed by atoms with Crippen LogP contribution in [-0.2, 0) is 0 Å². The Morgan fingerprint density at radius 1 is 0.293 bits per heavy atom. The highest BCUT2D eigenvalue weighted by Crippen LogP contribution is 2.55. The predicted octanol–water partition coefficient (Wildman–Crippen LogP) is 15.1. The number of benzene rings is 8. The minimum atomic E-state index is 1.13. The third-order valence-corrected chi connectivity index (χ3v) is 13.5. The smallest absolute Gasteiger partial charge is 0.0622 e. The molecule has 8 aromatic carbocycles. The first-order valence-electron chi connectivity index (χ1n) is 19.5. The summed E-state index contributed by atoms with van der Waals surface area (Å²) in [4.78, 5) is 9.87. The van der Waals surface area contributed by atoms with Crippen LogP contribution in [0.3, 0.4) is 0 Å². The molecular weight excluding hydrogens is 745 g/mol. The molecule has 4 heterocycles. The topological polar surface area (TPSA) is 16.3 Å². The van der Waals surface area contributed by atoms with Gasteiger partial charge in [0.25, 0.3) is 0 Å². The maximum Gasteiger partial charge on any atom is 0.0622 e. The Bertz CT molecular complexity index is 2990. The fourth-order valence-electron chi connectivity index (χ4n) is 8.60. The van der Waals surface area contributed by atoms with Gasteiger partial charge in [0.15, 0.2) is 0 Å². The third kappa shape index (κ3) is 5.41. The van der Waals surface area contributed by atoms with E-state index in [1.54, 1.807) is 0 Å². The van der Waals surface area contributed by atoms with Crippen LogP contribution in [0.5, 0.6) is 0 Å². The van der Waals surface area contributed by atoms with E-state index in [1.807, 2.05) is 23.5 Å². The molecule has 0 fully saturated rings. The molecule has 2 aromatic heterocycles. The fraction of sp³-hybridized carbons (Fsp3) is 0. The van der Waals surface area contributed by atoms with E-state index in [9.17, 15) is 0 Å². The number of fused-ring (bicyclic) bond motifs is 6. The minimum absolute atomic E-state index is 1.13. The third-order valence-electron chi connectivity index (χ3n) is 11.3. The van der Waals surface area contributed by atoms with Crippen molar-refractivity contribution in [1.82, 2.24) is 9.13 Å². The molecule has 274 valence electrons. The lowest BCUT2D eigenvalue weighted by molar-refractivity contribution is 1.12. The molecule has 0 atom stereocenters. The summed E-state index contributed by atoms with van der Waals surface area (Å²) < 4.78 is 4.58. The summed E-state index contributed by atoms with van der Waals surface area (Å²) in [6, 6.07) is 70.7. The molecule has 0 radical (unpaired) electrons. The van der Waals surface area contributed by atoms with Gasteiger partial charge >= 0.3 is 0 Å². The molecule has 6 heteroatoms.